The largest absolute Gasteiger partial charge is 0.467 e. The Morgan fingerprint density at radius 2 is 2.05 bits per heavy atom. The summed E-state index contributed by atoms with van der Waals surface area (Å²) in [7, 11) is 0. The third-order valence-corrected chi connectivity index (χ3v) is 2.95. The number of furan rings is 1. The van der Waals surface area contributed by atoms with Crippen molar-refractivity contribution < 1.29 is 19.1 Å². The van der Waals surface area contributed by atoms with Crippen LogP contribution >= 0.6 is 0 Å². The second-order valence-electron chi connectivity index (χ2n) is 6.17. The molecule has 6 nitrogen and oxygen atoms in total. The number of nitrogens with one attached hydrogen (secondary N) is 2. The Morgan fingerprint density at radius 1 is 1.38 bits per heavy atom. The minimum Gasteiger partial charge on any atom is -0.467 e. The molecule has 1 aromatic heterocycles. The van der Waals surface area contributed by atoms with Gasteiger partial charge in [0, 0.05) is 17.9 Å². The molecule has 2 unspecified atom stereocenters. The summed E-state index contributed by atoms with van der Waals surface area (Å²) in [4.78, 5) is 23.4. The van der Waals surface area contributed by atoms with E-state index in [2.05, 4.69) is 10.6 Å². The van der Waals surface area contributed by atoms with Crippen molar-refractivity contribution in [3.05, 3.63) is 24.2 Å². The van der Waals surface area contributed by atoms with Gasteiger partial charge >= 0.3 is 0 Å². The molecule has 0 fully saturated rings. The molecule has 0 aliphatic heterocycles. The highest BCUT2D eigenvalue weighted by molar-refractivity contribution is 5.87. The van der Waals surface area contributed by atoms with Crippen LogP contribution in [0.25, 0.3) is 0 Å². The van der Waals surface area contributed by atoms with Gasteiger partial charge < -0.3 is 20.2 Å². The van der Waals surface area contributed by atoms with E-state index in [4.69, 9.17) is 4.42 Å². The summed E-state index contributed by atoms with van der Waals surface area (Å²) in [6, 6.07) is 3.15. The zero-order chi connectivity index (χ0) is 16.0. The summed E-state index contributed by atoms with van der Waals surface area (Å²) >= 11 is 0. The number of hydrogen-bond acceptors (Lipinski definition) is 4. The zero-order valence-electron chi connectivity index (χ0n) is 13.0. The molecule has 1 rings (SSSR count). The molecule has 2 atom stereocenters. The van der Waals surface area contributed by atoms with E-state index in [0.717, 1.165) is 0 Å². The lowest BCUT2D eigenvalue weighted by atomic mass is 9.96. The van der Waals surface area contributed by atoms with Gasteiger partial charge in [-0.05, 0) is 19.1 Å². The molecule has 0 radical (unpaired) electrons. The molecule has 0 saturated carbocycles. The van der Waals surface area contributed by atoms with Gasteiger partial charge in [-0.2, -0.15) is 0 Å². The number of rotatable bonds is 6. The number of hydrogen-bond donors (Lipinski definition) is 3. The molecule has 0 aromatic carbocycles. The predicted octanol–water partition coefficient (Wildman–Crippen LogP) is 1.37. The zero-order valence-corrected chi connectivity index (χ0v) is 13.0. The van der Waals surface area contributed by atoms with Gasteiger partial charge in [-0.1, -0.05) is 20.8 Å². The summed E-state index contributed by atoms with van der Waals surface area (Å²) in [6.07, 6.45) is 1.07. The van der Waals surface area contributed by atoms with Crippen LogP contribution < -0.4 is 10.6 Å². The van der Waals surface area contributed by atoms with E-state index in [0.29, 0.717) is 12.2 Å². The highest BCUT2D eigenvalue weighted by atomic mass is 16.4. The summed E-state index contributed by atoms with van der Waals surface area (Å²) in [5.41, 5.74) is -0.526. The van der Waals surface area contributed by atoms with Crippen molar-refractivity contribution >= 4 is 11.8 Å². The fourth-order valence-electron chi connectivity index (χ4n) is 1.74. The standard InChI is InChI=1S/C15H24N2O4/c1-10(8-11(18)12-6-5-7-21-12)17-13(19)9-16-14(20)15(2,3)4/h5-7,10-11,18H,8-9H2,1-4H3,(H,16,20)(H,17,19). The van der Waals surface area contributed by atoms with Gasteiger partial charge in [0.1, 0.15) is 11.9 Å². The lowest BCUT2D eigenvalue weighted by molar-refractivity contribution is -0.131. The van der Waals surface area contributed by atoms with Gasteiger partial charge in [0.2, 0.25) is 11.8 Å². The first-order valence-electron chi connectivity index (χ1n) is 6.99. The summed E-state index contributed by atoms with van der Waals surface area (Å²) < 4.78 is 5.10. The second kappa shape index (κ2) is 7.26. The Balaban J connectivity index is 2.32. The van der Waals surface area contributed by atoms with Gasteiger partial charge in [0.25, 0.3) is 0 Å². The Kier molecular flexibility index (Phi) is 5.96. The van der Waals surface area contributed by atoms with Crippen LogP contribution in [-0.4, -0.2) is 29.5 Å². The molecule has 6 heteroatoms. The Morgan fingerprint density at radius 3 is 2.57 bits per heavy atom. The van der Waals surface area contributed by atoms with Crippen molar-refractivity contribution in [2.45, 2.75) is 46.3 Å². The average molecular weight is 296 g/mol. The van der Waals surface area contributed by atoms with Crippen molar-refractivity contribution in [1.82, 2.24) is 10.6 Å². The molecular weight excluding hydrogens is 272 g/mol. The minimum atomic E-state index is -0.764. The molecule has 2 amide bonds. The van der Waals surface area contributed by atoms with Crippen LogP contribution in [0.2, 0.25) is 0 Å². The monoisotopic (exact) mass is 296 g/mol. The van der Waals surface area contributed by atoms with Crippen molar-refractivity contribution in [3.8, 4) is 0 Å². The third kappa shape index (κ3) is 5.99. The van der Waals surface area contributed by atoms with Gasteiger partial charge in [-0.25, -0.2) is 0 Å². The van der Waals surface area contributed by atoms with Crippen LogP contribution in [0, 0.1) is 5.41 Å². The van der Waals surface area contributed by atoms with E-state index in [9.17, 15) is 14.7 Å². The summed E-state index contributed by atoms with van der Waals surface area (Å²) in [5.74, 6) is 0.00445. The van der Waals surface area contributed by atoms with Gasteiger partial charge in [0.05, 0.1) is 12.8 Å². The van der Waals surface area contributed by atoms with E-state index >= 15 is 0 Å². The lowest BCUT2D eigenvalue weighted by Crippen LogP contribution is -2.44. The topological polar surface area (TPSA) is 91.6 Å². The quantitative estimate of drug-likeness (QED) is 0.739. The molecular formula is C15H24N2O4. The Hall–Kier alpha value is -1.82. The summed E-state index contributed by atoms with van der Waals surface area (Å²) in [6.45, 7) is 7.06. The predicted molar refractivity (Wildman–Crippen MR) is 78.4 cm³/mol. The molecule has 118 valence electrons. The van der Waals surface area contributed by atoms with Crippen molar-refractivity contribution in [2.24, 2.45) is 5.41 Å². The molecule has 0 aliphatic carbocycles. The van der Waals surface area contributed by atoms with Crippen molar-refractivity contribution in [3.63, 3.8) is 0 Å². The van der Waals surface area contributed by atoms with Crippen LogP contribution in [0.4, 0.5) is 0 Å². The fourth-order valence-corrected chi connectivity index (χ4v) is 1.74. The van der Waals surface area contributed by atoms with E-state index in [1.54, 1.807) is 39.8 Å². The highest BCUT2D eigenvalue weighted by Gasteiger charge is 2.22. The van der Waals surface area contributed by atoms with Crippen molar-refractivity contribution in [1.29, 1.82) is 0 Å². The van der Waals surface area contributed by atoms with Crippen LogP contribution in [0.3, 0.4) is 0 Å². The SMILES string of the molecule is CC(CC(O)c1ccco1)NC(=O)CNC(=O)C(C)(C)C. The maximum Gasteiger partial charge on any atom is 0.239 e. The van der Waals surface area contributed by atoms with Crippen LogP contribution in [0.15, 0.2) is 22.8 Å². The number of amides is 2. The van der Waals surface area contributed by atoms with E-state index in [-0.39, 0.29) is 24.4 Å². The number of carbonyl (C=O) groups is 2. The van der Waals surface area contributed by atoms with Gasteiger partial charge in [0.15, 0.2) is 0 Å². The Bertz CT molecular complexity index is 463. The first kappa shape index (κ1) is 17.2. The number of aliphatic hydroxyl groups excluding tert-OH is 1. The van der Waals surface area contributed by atoms with Gasteiger partial charge in [-0.3, -0.25) is 9.59 Å². The number of carbonyl (C=O) groups excluding carboxylic acids is 2. The smallest absolute Gasteiger partial charge is 0.239 e. The molecule has 0 saturated heterocycles. The maximum atomic E-state index is 11.7. The van der Waals surface area contributed by atoms with E-state index in [1.807, 2.05) is 0 Å². The molecule has 21 heavy (non-hydrogen) atoms. The highest BCUT2D eigenvalue weighted by Crippen LogP contribution is 2.18. The number of aliphatic hydroxyl groups is 1. The first-order valence-corrected chi connectivity index (χ1v) is 6.99. The van der Waals surface area contributed by atoms with E-state index in [1.165, 1.54) is 6.26 Å². The third-order valence-electron chi connectivity index (χ3n) is 2.95. The first-order chi connectivity index (χ1) is 9.70. The molecule has 0 aliphatic rings. The maximum absolute atomic E-state index is 11.7. The minimum absolute atomic E-state index is 0.0721. The molecule has 3 N–H and O–H groups in total. The molecule has 0 spiro atoms. The van der Waals surface area contributed by atoms with E-state index < -0.39 is 11.5 Å². The summed E-state index contributed by atoms with van der Waals surface area (Å²) in [5, 5.41) is 15.2. The van der Waals surface area contributed by atoms with Crippen molar-refractivity contribution in [2.75, 3.05) is 6.54 Å². The second-order valence-corrected chi connectivity index (χ2v) is 6.17. The molecule has 1 aromatic rings. The molecule has 0 bridgehead atoms. The fraction of sp³-hybridized carbons (Fsp3) is 0.600. The van der Waals surface area contributed by atoms with Crippen LogP contribution in [-0.2, 0) is 9.59 Å². The lowest BCUT2D eigenvalue weighted by Gasteiger charge is -2.19. The van der Waals surface area contributed by atoms with Gasteiger partial charge in [-0.15, -0.1) is 0 Å². The van der Waals surface area contributed by atoms with Crippen LogP contribution in [0.5, 0.6) is 0 Å². The average Bonchev–Trinajstić information content (AvgIpc) is 2.88. The Labute approximate surface area is 124 Å². The normalized spacial score (nSPS) is 14.3. The van der Waals surface area contributed by atoms with Crippen LogP contribution in [0.1, 0.15) is 46.0 Å². The molecule has 1 heterocycles.